The Bertz CT molecular complexity index is 514. The van der Waals surface area contributed by atoms with Gasteiger partial charge >= 0.3 is 128 Å². The molecule has 0 aliphatic rings. The van der Waals surface area contributed by atoms with Gasteiger partial charge in [-0.3, -0.25) is 0 Å². The molecular formula is C13H13BiBrF4O3. The van der Waals surface area contributed by atoms with Crippen LogP contribution in [0.5, 0.6) is 5.75 Å². The molecule has 1 aromatic carbocycles. The Balaban J connectivity index is 2.87. The predicted molar refractivity (Wildman–Crippen MR) is 76.6 cm³/mol. The molecule has 1 radical (unpaired) electrons. The fraction of sp³-hybridized carbons (Fsp3) is 0.462. The van der Waals surface area contributed by atoms with Crippen molar-refractivity contribution in [1.82, 2.24) is 0 Å². The number of rotatable bonds is 8. The van der Waals surface area contributed by atoms with Crippen LogP contribution >= 0.6 is 15.9 Å². The van der Waals surface area contributed by atoms with Crippen molar-refractivity contribution in [3.05, 3.63) is 28.8 Å². The Morgan fingerprint density at radius 2 is 1.50 bits per heavy atom. The van der Waals surface area contributed by atoms with Crippen molar-refractivity contribution in [2.45, 2.75) is 25.7 Å². The van der Waals surface area contributed by atoms with Crippen LogP contribution in [0.15, 0.2) is 0 Å². The molecule has 22 heavy (non-hydrogen) atoms. The predicted octanol–water partition coefficient (Wildman–Crippen LogP) is 3.55. The summed E-state index contributed by atoms with van der Waals surface area (Å²) in [4.78, 5) is 11.2. The summed E-state index contributed by atoms with van der Waals surface area (Å²) >= 11 is 3.10. The molecule has 1 rings (SSSR count). The van der Waals surface area contributed by atoms with Crippen LogP contribution < -0.4 is 4.74 Å². The second kappa shape index (κ2) is 9.65. The van der Waals surface area contributed by atoms with E-state index in [0.29, 0.717) is 6.42 Å². The number of halogens is 5. The van der Waals surface area contributed by atoms with Gasteiger partial charge in [-0.15, -0.1) is 0 Å². The summed E-state index contributed by atoms with van der Waals surface area (Å²) in [5.74, 6) is -9.69. The molecule has 0 unspecified atom stereocenters. The number of ether oxygens (including phenoxy) is 1. The van der Waals surface area contributed by atoms with E-state index in [2.05, 4.69) is 18.7 Å². The van der Waals surface area contributed by atoms with Gasteiger partial charge in [-0.25, -0.2) is 0 Å². The van der Waals surface area contributed by atoms with Crippen molar-refractivity contribution in [2.75, 3.05) is 11.9 Å². The first-order valence-corrected chi connectivity index (χ1v) is 9.09. The SMILES string of the molecule is O=C([O][BiH])c1c(F)c(F)c(OCCCCCCBr)c(F)c1F. The van der Waals surface area contributed by atoms with E-state index in [-0.39, 0.29) is 31.8 Å². The molecular weight excluding hydrogens is 569 g/mol. The molecule has 0 saturated carbocycles. The average molecular weight is 582 g/mol. The number of benzene rings is 1. The van der Waals surface area contributed by atoms with Crippen molar-refractivity contribution in [3.63, 3.8) is 0 Å². The van der Waals surface area contributed by atoms with Crippen molar-refractivity contribution in [3.8, 4) is 5.75 Å². The van der Waals surface area contributed by atoms with Gasteiger partial charge in [0, 0.05) is 5.33 Å². The molecule has 0 atom stereocenters. The Morgan fingerprint density at radius 3 is 2.00 bits per heavy atom. The van der Waals surface area contributed by atoms with E-state index in [1.165, 1.54) is 0 Å². The third-order valence-electron chi connectivity index (χ3n) is 2.79. The summed E-state index contributed by atoms with van der Waals surface area (Å²) in [5.41, 5.74) is -1.38. The van der Waals surface area contributed by atoms with E-state index in [4.69, 9.17) is 4.74 Å². The first kappa shape index (κ1) is 19.6. The molecule has 0 bridgehead atoms. The summed E-state index contributed by atoms with van der Waals surface area (Å²) < 4.78 is 63.8. The zero-order chi connectivity index (χ0) is 16.7. The molecule has 123 valence electrons. The first-order chi connectivity index (χ1) is 10.5. The van der Waals surface area contributed by atoms with Gasteiger partial charge in [0.05, 0.1) is 0 Å². The fourth-order valence-electron chi connectivity index (χ4n) is 1.69. The van der Waals surface area contributed by atoms with Gasteiger partial charge in [-0.2, -0.15) is 0 Å². The van der Waals surface area contributed by atoms with E-state index < -0.39 is 40.6 Å². The quantitative estimate of drug-likeness (QED) is 0.155. The maximum absolute atomic E-state index is 13.7. The maximum atomic E-state index is 13.7. The van der Waals surface area contributed by atoms with Gasteiger partial charge in [0.2, 0.25) is 0 Å². The van der Waals surface area contributed by atoms with Gasteiger partial charge in [0.25, 0.3) is 0 Å². The third-order valence-corrected chi connectivity index (χ3v) is 4.08. The normalized spacial score (nSPS) is 10.6. The standard InChI is InChI=1S/C13H13BrF4O3.Bi.H/c14-5-3-1-2-4-6-21-12-10(17)8(15)7(13(19)20)9(16)11(12)18;;/h1-6H2,(H,19,20);;/q;+1;/p-1. The molecule has 0 saturated heterocycles. The number of hydrogen-bond acceptors (Lipinski definition) is 3. The first-order valence-electron chi connectivity index (χ1n) is 6.38. The molecule has 0 spiro atoms. The van der Waals surface area contributed by atoms with Crippen molar-refractivity contribution in [2.24, 2.45) is 0 Å². The van der Waals surface area contributed by atoms with E-state index in [1.54, 1.807) is 0 Å². The van der Waals surface area contributed by atoms with Gasteiger partial charge < -0.3 is 0 Å². The number of carbonyl (C=O) groups excluding carboxylic acids is 1. The number of alkyl halides is 1. The summed E-state index contributed by atoms with van der Waals surface area (Å²) in [6.07, 6.45) is 3.08. The number of carbonyl (C=O) groups is 1. The number of unbranched alkanes of at least 4 members (excludes halogenated alkanes) is 3. The van der Waals surface area contributed by atoms with Crippen molar-refractivity contribution < 1.29 is 29.9 Å². The van der Waals surface area contributed by atoms with Crippen LogP contribution in [0.25, 0.3) is 0 Å². The average Bonchev–Trinajstić information content (AvgIpc) is 2.51. The minimum absolute atomic E-state index is 0.0838. The van der Waals surface area contributed by atoms with Crippen molar-refractivity contribution in [1.29, 1.82) is 0 Å². The van der Waals surface area contributed by atoms with E-state index >= 15 is 0 Å². The fourth-order valence-corrected chi connectivity index (χ4v) is 2.49. The Labute approximate surface area is 148 Å². The molecule has 0 N–H and O–H groups in total. The molecule has 9 heteroatoms. The molecule has 0 aliphatic heterocycles. The van der Waals surface area contributed by atoms with E-state index in [9.17, 15) is 22.4 Å². The molecule has 0 amide bonds. The zero-order valence-electron chi connectivity index (χ0n) is 11.4. The second-order valence-electron chi connectivity index (χ2n) is 4.30. The Kier molecular flexibility index (Phi) is 8.61. The van der Waals surface area contributed by atoms with Crippen LogP contribution in [0.2, 0.25) is 0 Å². The number of hydrogen-bond donors (Lipinski definition) is 0. The van der Waals surface area contributed by atoms with Gasteiger partial charge in [0.15, 0.2) is 0 Å². The molecule has 0 fully saturated rings. The molecule has 3 nitrogen and oxygen atoms in total. The summed E-state index contributed by atoms with van der Waals surface area (Å²) in [6, 6.07) is 0. The summed E-state index contributed by atoms with van der Waals surface area (Å²) in [7, 11) is 0. The van der Waals surface area contributed by atoms with Crippen LogP contribution in [0.1, 0.15) is 36.0 Å². The topological polar surface area (TPSA) is 35.5 Å². The van der Waals surface area contributed by atoms with Crippen LogP contribution in [-0.4, -0.2) is 43.1 Å². The minimum atomic E-state index is -1.81. The third kappa shape index (κ3) is 4.78. The van der Waals surface area contributed by atoms with Crippen molar-refractivity contribution >= 4 is 47.1 Å². The second-order valence-corrected chi connectivity index (χ2v) is 5.89. The van der Waals surface area contributed by atoms with Gasteiger partial charge in [-0.05, 0) is 0 Å². The Hall–Kier alpha value is -0.427. The zero-order valence-corrected chi connectivity index (χ0v) is 16.8. The molecule has 0 aliphatic carbocycles. The van der Waals surface area contributed by atoms with Crippen LogP contribution in [0.3, 0.4) is 0 Å². The van der Waals surface area contributed by atoms with Crippen LogP contribution in [0.4, 0.5) is 17.6 Å². The van der Waals surface area contributed by atoms with Gasteiger partial charge in [0.1, 0.15) is 0 Å². The van der Waals surface area contributed by atoms with Crippen LogP contribution in [0, 0.1) is 23.3 Å². The van der Waals surface area contributed by atoms with Crippen LogP contribution in [-0.2, 0) is 2.81 Å². The Morgan fingerprint density at radius 1 is 0.955 bits per heavy atom. The van der Waals surface area contributed by atoms with E-state index in [0.717, 1.165) is 24.6 Å². The monoisotopic (exact) mass is 581 g/mol. The molecule has 0 heterocycles. The van der Waals surface area contributed by atoms with E-state index in [1.807, 2.05) is 0 Å². The van der Waals surface area contributed by atoms with Gasteiger partial charge in [-0.1, -0.05) is 15.9 Å². The summed E-state index contributed by atoms with van der Waals surface area (Å²) in [6.45, 7) is -0.0838. The molecule has 1 aromatic rings. The molecule has 0 aromatic heterocycles. The summed E-state index contributed by atoms with van der Waals surface area (Å²) in [5, 5.41) is 0.853.